The number of hydrogen-bond acceptors (Lipinski definition) is 4. The third-order valence-corrected chi connectivity index (χ3v) is 0.997. The number of hydrogen-bond donors (Lipinski definition) is 2. The highest BCUT2D eigenvalue weighted by Gasteiger charge is 2.23. The number of rotatable bonds is 2. The maximum Gasteiger partial charge on any atom is 0.340 e. The van der Waals surface area contributed by atoms with Crippen LogP contribution in [0.3, 0.4) is 0 Å². The quantitative estimate of drug-likeness (QED) is 0.537. The Bertz CT molecular complexity index is 173. The summed E-state index contributed by atoms with van der Waals surface area (Å²) in [6.07, 6.45) is -0.527. The first-order valence-corrected chi connectivity index (χ1v) is 2.57. The van der Waals surface area contributed by atoms with Crippen molar-refractivity contribution in [2.24, 2.45) is 0 Å². The van der Waals surface area contributed by atoms with Crippen LogP contribution in [0.2, 0.25) is 0 Å². The molecule has 1 rings (SSSR count). The van der Waals surface area contributed by atoms with E-state index in [0.717, 1.165) is 6.26 Å². The first kappa shape index (κ1) is 6.88. The summed E-state index contributed by atoms with van der Waals surface area (Å²) in [6, 6.07) is 0. The zero-order valence-corrected chi connectivity index (χ0v) is 4.98. The molecule has 0 radical (unpaired) electrons. The van der Waals surface area contributed by atoms with Crippen molar-refractivity contribution >= 4 is 5.97 Å². The van der Waals surface area contributed by atoms with E-state index in [1.54, 1.807) is 0 Å². The van der Waals surface area contributed by atoms with Crippen LogP contribution in [0.5, 0.6) is 0 Å². The topological polar surface area (TPSA) is 76.0 Å². The van der Waals surface area contributed by atoms with E-state index in [0.29, 0.717) is 0 Å². The number of ether oxygens (including phenoxy) is 2. The molecule has 56 valence electrons. The van der Waals surface area contributed by atoms with Gasteiger partial charge < -0.3 is 19.7 Å². The molecule has 5 heteroatoms. The summed E-state index contributed by atoms with van der Waals surface area (Å²) in [5, 5.41) is 17.0. The SMILES string of the molecule is O=C(O)C(O)C1=COCO1. The van der Waals surface area contributed by atoms with Crippen molar-refractivity contribution in [2.45, 2.75) is 6.10 Å². The molecule has 0 aromatic heterocycles. The summed E-state index contributed by atoms with van der Waals surface area (Å²) in [5.74, 6) is -1.41. The molecule has 1 unspecified atom stereocenters. The molecular weight excluding hydrogens is 140 g/mol. The highest BCUT2D eigenvalue weighted by Crippen LogP contribution is 2.10. The average molecular weight is 146 g/mol. The zero-order chi connectivity index (χ0) is 7.56. The summed E-state index contributed by atoms with van der Waals surface area (Å²) < 4.78 is 9.10. The van der Waals surface area contributed by atoms with Gasteiger partial charge in [0.25, 0.3) is 0 Å². The lowest BCUT2D eigenvalue weighted by Crippen LogP contribution is -2.22. The molecule has 1 aliphatic rings. The minimum Gasteiger partial charge on any atom is -0.479 e. The van der Waals surface area contributed by atoms with Crippen LogP contribution in [-0.2, 0) is 14.3 Å². The van der Waals surface area contributed by atoms with Gasteiger partial charge in [0.2, 0.25) is 12.9 Å². The Balaban J connectivity index is 2.55. The summed E-state index contributed by atoms with van der Waals surface area (Å²) in [4.78, 5) is 10.1. The molecule has 10 heavy (non-hydrogen) atoms. The summed E-state index contributed by atoms with van der Waals surface area (Å²) in [6.45, 7) is -0.0281. The van der Waals surface area contributed by atoms with Crippen molar-refractivity contribution in [2.75, 3.05) is 6.79 Å². The second-order valence-electron chi connectivity index (χ2n) is 1.69. The van der Waals surface area contributed by atoms with Crippen LogP contribution in [-0.4, -0.2) is 29.1 Å². The second-order valence-corrected chi connectivity index (χ2v) is 1.69. The summed E-state index contributed by atoms with van der Waals surface area (Å²) in [7, 11) is 0. The number of carboxylic acids is 1. The lowest BCUT2D eigenvalue weighted by Gasteiger charge is -2.02. The molecular formula is C5H6O5. The normalized spacial score (nSPS) is 18.7. The zero-order valence-electron chi connectivity index (χ0n) is 4.98. The van der Waals surface area contributed by atoms with Gasteiger partial charge in [-0.15, -0.1) is 0 Å². The Kier molecular flexibility index (Phi) is 1.77. The van der Waals surface area contributed by atoms with Crippen LogP contribution in [0.4, 0.5) is 0 Å². The van der Waals surface area contributed by atoms with E-state index < -0.39 is 12.1 Å². The summed E-state index contributed by atoms with van der Waals surface area (Å²) >= 11 is 0. The van der Waals surface area contributed by atoms with Gasteiger partial charge in [0.1, 0.15) is 6.26 Å². The molecule has 0 saturated heterocycles. The summed E-state index contributed by atoms with van der Waals surface area (Å²) in [5.41, 5.74) is 0. The van der Waals surface area contributed by atoms with Gasteiger partial charge >= 0.3 is 5.97 Å². The van der Waals surface area contributed by atoms with Crippen molar-refractivity contribution in [1.29, 1.82) is 0 Å². The predicted molar refractivity (Wildman–Crippen MR) is 28.8 cm³/mol. The molecule has 0 bridgehead atoms. The van der Waals surface area contributed by atoms with E-state index in [1.165, 1.54) is 0 Å². The Morgan fingerprint density at radius 3 is 2.90 bits per heavy atom. The van der Waals surface area contributed by atoms with Crippen molar-refractivity contribution in [1.82, 2.24) is 0 Å². The molecule has 1 atom stereocenters. The van der Waals surface area contributed by atoms with Crippen LogP contribution in [0.1, 0.15) is 0 Å². The van der Waals surface area contributed by atoms with Crippen LogP contribution < -0.4 is 0 Å². The van der Waals surface area contributed by atoms with Crippen molar-refractivity contribution in [3.63, 3.8) is 0 Å². The monoisotopic (exact) mass is 146 g/mol. The highest BCUT2D eigenvalue weighted by atomic mass is 16.7. The predicted octanol–water partition coefficient (Wildman–Crippen LogP) is -0.722. The Morgan fingerprint density at radius 2 is 2.50 bits per heavy atom. The minimum absolute atomic E-state index is 0.0281. The number of aliphatic hydroxyl groups excluding tert-OH is 1. The fourth-order valence-corrected chi connectivity index (χ4v) is 0.517. The first-order valence-electron chi connectivity index (χ1n) is 2.57. The maximum atomic E-state index is 10.1. The molecule has 0 spiro atoms. The van der Waals surface area contributed by atoms with Crippen molar-refractivity contribution < 1.29 is 24.5 Å². The van der Waals surface area contributed by atoms with E-state index in [1.807, 2.05) is 0 Å². The van der Waals surface area contributed by atoms with E-state index in [-0.39, 0.29) is 12.6 Å². The van der Waals surface area contributed by atoms with Crippen LogP contribution >= 0.6 is 0 Å². The van der Waals surface area contributed by atoms with E-state index >= 15 is 0 Å². The van der Waals surface area contributed by atoms with Gasteiger partial charge in [-0.2, -0.15) is 0 Å². The third-order valence-electron chi connectivity index (χ3n) is 0.997. The van der Waals surface area contributed by atoms with Gasteiger partial charge in [0.15, 0.2) is 5.76 Å². The van der Waals surface area contributed by atoms with Gasteiger partial charge in [-0.3, -0.25) is 0 Å². The van der Waals surface area contributed by atoms with Crippen molar-refractivity contribution in [3.8, 4) is 0 Å². The number of carbonyl (C=O) groups is 1. The fraction of sp³-hybridized carbons (Fsp3) is 0.400. The van der Waals surface area contributed by atoms with Gasteiger partial charge in [-0.05, 0) is 0 Å². The average Bonchev–Trinajstić information content (AvgIpc) is 2.36. The fourth-order valence-electron chi connectivity index (χ4n) is 0.517. The molecule has 0 aliphatic carbocycles. The van der Waals surface area contributed by atoms with Crippen LogP contribution in [0.15, 0.2) is 12.0 Å². The van der Waals surface area contributed by atoms with E-state index in [4.69, 9.17) is 10.2 Å². The number of carboxylic acid groups (broad SMARTS) is 1. The molecule has 0 amide bonds. The molecule has 0 saturated carbocycles. The minimum atomic E-state index is -1.61. The van der Waals surface area contributed by atoms with Crippen LogP contribution in [0, 0.1) is 0 Å². The largest absolute Gasteiger partial charge is 0.479 e. The lowest BCUT2D eigenvalue weighted by atomic mass is 10.3. The van der Waals surface area contributed by atoms with Gasteiger partial charge in [-0.1, -0.05) is 0 Å². The first-order chi connectivity index (χ1) is 4.72. The van der Waals surface area contributed by atoms with E-state index in [2.05, 4.69) is 9.47 Å². The highest BCUT2D eigenvalue weighted by molar-refractivity contribution is 5.75. The molecule has 1 aliphatic heterocycles. The van der Waals surface area contributed by atoms with Gasteiger partial charge in [-0.25, -0.2) is 4.79 Å². The number of aliphatic carboxylic acids is 1. The maximum absolute atomic E-state index is 10.1. The smallest absolute Gasteiger partial charge is 0.340 e. The molecule has 0 fully saturated rings. The molecule has 0 aromatic rings. The Labute approximate surface area is 56.5 Å². The molecule has 2 N–H and O–H groups in total. The lowest BCUT2D eigenvalue weighted by molar-refractivity contribution is -0.146. The standard InChI is InChI=1S/C5H6O5/c6-4(5(7)8)3-1-9-2-10-3/h1,4,6H,2H2,(H,7,8). The molecule has 0 aromatic carbocycles. The Morgan fingerprint density at radius 1 is 1.80 bits per heavy atom. The van der Waals surface area contributed by atoms with Crippen molar-refractivity contribution in [3.05, 3.63) is 12.0 Å². The van der Waals surface area contributed by atoms with Gasteiger partial charge in [0.05, 0.1) is 0 Å². The van der Waals surface area contributed by atoms with Crippen LogP contribution in [0.25, 0.3) is 0 Å². The van der Waals surface area contributed by atoms with Gasteiger partial charge in [0, 0.05) is 0 Å². The Hall–Kier alpha value is -1.23. The second kappa shape index (κ2) is 2.57. The van der Waals surface area contributed by atoms with E-state index in [9.17, 15) is 4.79 Å². The third kappa shape index (κ3) is 1.19. The molecule has 1 heterocycles. The number of aliphatic hydroxyl groups is 1. The molecule has 5 nitrogen and oxygen atoms in total.